The van der Waals surface area contributed by atoms with Crippen LogP contribution in [0.15, 0.2) is 46.2 Å². The first-order chi connectivity index (χ1) is 11.8. The lowest BCUT2D eigenvalue weighted by Crippen LogP contribution is -2.20. The van der Waals surface area contributed by atoms with Crippen molar-refractivity contribution in [2.75, 3.05) is 15.8 Å². The Bertz CT molecular complexity index is 939. The fraction of sp³-hybridized carbons (Fsp3) is 0.278. The standard InChI is InChI=1S/C18H20N2O3S2/c1-11-4-5-14(8-12(11)2)20-25(22,23)15-6-7-17-16(9-15)19-18(21)13(3)10-24-17/h4-9,13,20H,10H2,1-3H3,(H,19,21). The number of aryl methyl sites for hydroxylation is 2. The second-order valence-electron chi connectivity index (χ2n) is 6.26. The Labute approximate surface area is 152 Å². The van der Waals surface area contributed by atoms with Gasteiger partial charge in [-0.05, 0) is 55.3 Å². The molecule has 0 saturated heterocycles. The largest absolute Gasteiger partial charge is 0.325 e. The highest BCUT2D eigenvalue weighted by Gasteiger charge is 2.23. The molecule has 5 nitrogen and oxygen atoms in total. The number of hydrogen-bond donors (Lipinski definition) is 2. The van der Waals surface area contributed by atoms with E-state index in [4.69, 9.17) is 0 Å². The van der Waals surface area contributed by atoms with Crippen LogP contribution in [-0.4, -0.2) is 20.1 Å². The van der Waals surface area contributed by atoms with Gasteiger partial charge in [0.2, 0.25) is 5.91 Å². The second-order valence-corrected chi connectivity index (χ2v) is 9.01. The Morgan fingerprint density at radius 3 is 2.60 bits per heavy atom. The molecule has 132 valence electrons. The maximum atomic E-state index is 12.7. The van der Waals surface area contributed by atoms with Gasteiger partial charge in [0.1, 0.15) is 0 Å². The van der Waals surface area contributed by atoms with Crippen molar-refractivity contribution in [1.29, 1.82) is 0 Å². The molecule has 0 bridgehead atoms. The molecule has 2 aromatic rings. The van der Waals surface area contributed by atoms with Crippen molar-refractivity contribution in [1.82, 2.24) is 0 Å². The Balaban J connectivity index is 1.91. The summed E-state index contributed by atoms with van der Waals surface area (Å²) in [5.74, 6) is 0.459. The Morgan fingerprint density at radius 1 is 1.12 bits per heavy atom. The summed E-state index contributed by atoms with van der Waals surface area (Å²) >= 11 is 1.55. The highest BCUT2D eigenvalue weighted by Crippen LogP contribution is 2.34. The van der Waals surface area contributed by atoms with E-state index in [0.717, 1.165) is 16.0 Å². The van der Waals surface area contributed by atoms with Gasteiger partial charge in [0.15, 0.2) is 0 Å². The Hall–Kier alpha value is -1.99. The minimum atomic E-state index is -3.73. The fourth-order valence-corrected chi connectivity index (χ4v) is 4.55. The van der Waals surface area contributed by atoms with Gasteiger partial charge in [-0.3, -0.25) is 9.52 Å². The van der Waals surface area contributed by atoms with Crippen LogP contribution in [0.3, 0.4) is 0 Å². The van der Waals surface area contributed by atoms with Gasteiger partial charge in [0.05, 0.1) is 10.6 Å². The molecule has 0 spiro atoms. The third kappa shape index (κ3) is 3.82. The molecule has 7 heteroatoms. The summed E-state index contributed by atoms with van der Waals surface area (Å²) in [7, 11) is -3.73. The van der Waals surface area contributed by atoms with Gasteiger partial charge in [-0.25, -0.2) is 8.42 Å². The van der Waals surface area contributed by atoms with Gasteiger partial charge in [-0.15, -0.1) is 11.8 Å². The van der Waals surface area contributed by atoms with Crippen molar-refractivity contribution in [2.45, 2.75) is 30.6 Å². The highest BCUT2D eigenvalue weighted by molar-refractivity contribution is 7.99. The van der Waals surface area contributed by atoms with Gasteiger partial charge in [0, 0.05) is 22.3 Å². The number of fused-ring (bicyclic) bond motifs is 1. The molecular weight excluding hydrogens is 356 g/mol. The van der Waals surface area contributed by atoms with E-state index in [-0.39, 0.29) is 16.7 Å². The number of benzene rings is 2. The maximum Gasteiger partial charge on any atom is 0.261 e. The second kappa shape index (κ2) is 6.72. The van der Waals surface area contributed by atoms with Crippen molar-refractivity contribution < 1.29 is 13.2 Å². The quantitative estimate of drug-likeness (QED) is 0.855. The van der Waals surface area contributed by atoms with Crippen LogP contribution in [0.25, 0.3) is 0 Å². The molecule has 2 aromatic carbocycles. The minimum absolute atomic E-state index is 0.0945. The molecule has 25 heavy (non-hydrogen) atoms. The number of hydrogen-bond acceptors (Lipinski definition) is 4. The van der Waals surface area contributed by atoms with Crippen molar-refractivity contribution in [2.24, 2.45) is 5.92 Å². The zero-order valence-corrected chi connectivity index (χ0v) is 15.9. The molecule has 3 rings (SSSR count). The summed E-state index contributed by atoms with van der Waals surface area (Å²) in [5, 5.41) is 2.81. The first-order valence-electron chi connectivity index (χ1n) is 7.94. The van der Waals surface area contributed by atoms with E-state index in [0.29, 0.717) is 17.1 Å². The monoisotopic (exact) mass is 376 g/mol. The summed E-state index contributed by atoms with van der Waals surface area (Å²) in [6.45, 7) is 5.76. The summed E-state index contributed by atoms with van der Waals surface area (Å²) in [4.78, 5) is 13.0. The van der Waals surface area contributed by atoms with E-state index in [2.05, 4.69) is 10.0 Å². The molecule has 2 N–H and O–H groups in total. The van der Waals surface area contributed by atoms with Crippen molar-refractivity contribution >= 4 is 39.1 Å². The van der Waals surface area contributed by atoms with Crippen molar-refractivity contribution in [3.8, 4) is 0 Å². The van der Waals surface area contributed by atoms with Gasteiger partial charge in [0.25, 0.3) is 10.0 Å². The Morgan fingerprint density at radius 2 is 1.88 bits per heavy atom. The summed E-state index contributed by atoms with van der Waals surface area (Å²) in [6, 6.07) is 10.2. The SMILES string of the molecule is Cc1ccc(NS(=O)(=O)c2ccc3c(c2)NC(=O)C(C)CS3)cc1C. The van der Waals surface area contributed by atoms with E-state index in [1.165, 1.54) is 6.07 Å². The number of carbonyl (C=O) groups excluding carboxylic acids is 1. The van der Waals surface area contributed by atoms with Gasteiger partial charge < -0.3 is 5.32 Å². The zero-order chi connectivity index (χ0) is 18.2. The molecule has 0 aromatic heterocycles. The Kier molecular flexibility index (Phi) is 4.79. The molecule has 1 aliphatic rings. The molecule has 0 aliphatic carbocycles. The van der Waals surface area contributed by atoms with Crippen molar-refractivity contribution in [3.05, 3.63) is 47.5 Å². The fourth-order valence-electron chi connectivity index (χ4n) is 2.47. The first-order valence-corrected chi connectivity index (χ1v) is 10.4. The summed E-state index contributed by atoms with van der Waals surface area (Å²) < 4.78 is 28.0. The molecule has 1 atom stereocenters. The minimum Gasteiger partial charge on any atom is -0.325 e. The van der Waals surface area contributed by atoms with E-state index in [1.54, 1.807) is 36.0 Å². The molecule has 0 radical (unpaired) electrons. The van der Waals surface area contributed by atoms with E-state index in [9.17, 15) is 13.2 Å². The molecule has 1 unspecified atom stereocenters. The van der Waals surface area contributed by atoms with Crippen LogP contribution < -0.4 is 10.0 Å². The number of anilines is 2. The average molecular weight is 377 g/mol. The highest BCUT2D eigenvalue weighted by atomic mass is 32.2. The molecule has 1 heterocycles. The van der Waals surface area contributed by atoms with Crippen LogP contribution >= 0.6 is 11.8 Å². The van der Waals surface area contributed by atoms with Crippen molar-refractivity contribution in [3.63, 3.8) is 0 Å². The van der Waals surface area contributed by atoms with Crippen LogP contribution in [0.1, 0.15) is 18.1 Å². The number of carbonyl (C=O) groups is 1. The molecular formula is C18H20N2O3S2. The topological polar surface area (TPSA) is 75.3 Å². The molecule has 0 saturated carbocycles. The van der Waals surface area contributed by atoms with E-state index >= 15 is 0 Å². The third-order valence-electron chi connectivity index (χ3n) is 4.21. The van der Waals surface area contributed by atoms with E-state index in [1.807, 2.05) is 26.8 Å². The van der Waals surface area contributed by atoms with E-state index < -0.39 is 10.0 Å². The third-order valence-corrected chi connectivity index (χ3v) is 6.93. The van der Waals surface area contributed by atoms with Crippen LogP contribution in [0, 0.1) is 19.8 Å². The summed E-state index contributed by atoms with van der Waals surface area (Å²) in [5.41, 5.74) is 3.18. The molecule has 0 fully saturated rings. The number of thioether (sulfide) groups is 1. The first kappa shape index (κ1) is 17.8. The lowest BCUT2D eigenvalue weighted by Gasteiger charge is -2.12. The van der Waals surface area contributed by atoms with Crippen LogP contribution in [0.4, 0.5) is 11.4 Å². The smallest absolute Gasteiger partial charge is 0.261 e. The molecule has 1 amide bonds. The normalized spacial score (nSPS) is 17.4. The van der Waals surface area contributed by atoms with Gasteiger partial charge in [-0.2, -0.15) is 0 Å². The lowest BCUT2D eigenvalue weighted by atomic mass is 10.1. The zero-order valence-electron chi connectivity index (χ0n) is 14.3. The predicted octanol–water partition coefficient (Wildman–Crippen LogP) is 3.78. The van der Waals surface area contributed by atoms with Gasteiger partial charge >= 0.3 is 0 Å². The predicted molar refractivity (Wildman–Crippen MR) is 102 cm³/mol. The maximum absolute atomic E-state index is 12.7. The van der Waals surface area contributed by atoms with Gasteiger partial charge in [-0.1, -0.05) is 13.0 Å². The average Bonchev–Trinajstić information content (AvgIpc) is 2.69. The lowest BCUT2D eigenvalue weighted by molar-refractivity contribution is -0.118. The number of rotatable bonds is 3. The summed E-state index contributed by atoms with van der Waals surface area (Å²) in [6.07, 6.45) is 0. The van der Waals surface area contributed by atoms with Crippen LogP contribution in [-0.2, 0) is 14.8 Å². The van der Waals surface area contributed by atoms with Crippen LogP contribution in [0.5, 0.6) is 0 Å². The number of sulfonamides is 1. The molecule has 1 aliphatic heterocycles. The number of amides is 1. The number of nitrogens with one attached hydrogen (secondary N) is 2. The van der Waals surface area contributed by atoms with Crippen LogP contribution in [0.2, 0.25) is 0 Å².